The number of nitrogens with one attached hydrogen (secondary N) is 1. The van der Waals surface area contributed by atoms with Crippen molar-refractivity contribution >= 4 is 11.6 Å². The molecule has 0 aliphatic carbocycles. The number of carbonyl (C=O) groups is 1. The minimum atomic E-state index is -0.163. The Kier molecular flexibility index (Phi) is 2.11. The average Bonchev–Trinajstić information content (AvgIpc) is 1.85. The number of aromatic hydroxyl groups is 1. The zero-order valence-electron chi connectivity index (χ0n) is 6.09. The Balaban J connectivity index is 2.79. The Morgan fingerprint density at radius 1 is 1.64 bits per heavy atom. The molecule has 0 saturated heterocycles. The maximum absolute atomic E-state index is 10.5. The van der Waals surface area contributed by atoms with Crippen molar-refractivity contribution in [3.05, 3.63) is 24.3 Å². The molecule has 0 bridgehead atoms. The maximum atomic E-state index is 10.5. The summed E-state index contributed by atoms with van der Waals surface area (Å²) in [4.78, 5) is 10.5. The van der Waals surface area contributed by atoms with E-state index in [9.17, 15) is 4.79 Å². The third-order valence-electron chi connectivity index (χ3n) is 1.09. The number of carbonyl (C=O) groups excluding carboxylic acids is 1. The second-order valence-corrected chi connectivity index (χ2v) is 2.16. The smallest absolute Gasteiger partial charge is 0.221 e. The monoisotopic (exact) mass is 150 g/mol. The van der Waals surface area contributed by atoms with Gasteiger partial charge in [0.05, 0.1) is 0 Å². The number of hydrogen-bond donors (Lipinski definition) is 2. The Morgan fingerprint density at radius 3 is 2.91 bits per heavy atom. The second-order valence-electron chi connectivity index (χ2n) is 2.16. The van der Waals surface area contributed by atoms with Crippen LogP contribution in [-0.2, 0) is 4.79 Å². The van der Waals surface area contributed by atoms with Crippen molar-refractivity contribution < 1.29 is 9.90 Å². The SMILES string of the molecule is CC(=O)Nc1c[c]cc(O)c1. The zero-order valence-corrected chi connectivity index (χ0v) is 6.09. The van der Waals surface area contributed by atoms with Gasteiger partial charge in [-0.25, -0.2) is 0 Å². The molecule has 0 saturated carbocycles. The third-order valence-corrected chi connectivity index (χ3v) is 1.09. The summed E-state index contributed by atoms with van der Waals surface area (Å²) in [6.45, 7) is 1.41. The number of anilines is 1. The van der Waals surface area contributed by atoms with E-state index in [0.717, 1.165) is 0 Å². The lowest BCUT2D eigenvalue weighted by atomic mass is 10.3. The Labute approximate surface area is 64.7 Å². The molecular weight excluding hydrogens is 142 g/mol. The summed E-state index contributed by atoms with van der Waals surface area (Å²) in [6.07, 6.45) is 0. The zero-order chi connectivity index (χ0) is 8.27. The highest BCUT2D eigenvalue weighted by Crippen LogP contribution is 2.14. The lowest BCUT2D eigenvalue weighted by Gasteiger charge is -2.00. The molecule has 1 aromatic carbocycles. The van der Waals surface area contributed by atoms with E-state index in [-0.39, 0.29) is 11.7 Å². The molecular formula is C8H8NO2. The molecule has 0 heterocycles. The molecule has 57 valence electrons. The summed E-state index contributed by atoms with van der Waals surface area (Å²) in [6, 6.07) is 7.13. The average molecular weight is 150 g/mol. The van der Waals surface area contributed by atoms with Crippen molar-refractivity contribution in [2.45, 2.75) is 6.92 Å². The quantitative estimate of drug-likeness (QED) is 0.630. The highest BCUT2D eigenvalue weighted by molar-refractivity contribution is 5.88. The van der Waals surface area contributed by atoms with E-state index >= 15 is 0 Å². The molecule has 2 N–H and O–H groups in total. The third kappa shape index (κ3) is 2.29. The molecule has 1 rings (SSSR count). The van der Waals surface area contributed by atoms with Crippen LogP contribution in [0.2, 0.25) is 0 Å². The van der Waals surface area contributed by atoms with Crippen LogP contribution in [0.4, 0.5) is 5.69 Å². The molecule has 11 heavy (non-hydrogen) atoms. The number of phenolic OH excluding ortho intramolecular Hbond substituents is 1. The normalized spacial score (nSPS) is 9.18. The van der Waals surface area contributed by atoms with Gasteiger partial charge >= 0.3 is 0 Å². The summed E-state index contributed by atoms with van der Waals surface area (Å²) in [5.74, 6) is -0.0692. The number of hydrogen-bond acceptors (Lipinski definition) is 2. The van der Waals surface area contributed by atoms with E-state index < -0.39 is 0 Å². The van der Waals surface area contributed by atoms with Gasteiger partial charge < -0.3 is 10.4 Å². The van der Waals surface area contributed by atoms with Crippen LogP contribution >= 0.6 is 0 Å². The minimum absolute atomic E-state index is 0.0938. The van der Waals surface area contributed by atoms with E-state index in [4.69, 9.17) is 5.11 Å². The first-order valence-corrected chi connectivity index (χ1v) is 3.16. The molecule has 1 radical (unpaired) electrons. The van der Waals surface area contributed by atoms with Gasteiger partial charge in [0, 0.05) is 18.7 Å². The van der Waals surface area contributed by atoms with Crippen molar-refractivity contribution in [3.8, 4) is 5.75 Å². The maximum Gasteiger partial charge on any atom is 0.221 e. The predicted molar refractivity (Wildman–Crippen MR) is 41.2 cm³/mol. The fourth-order valence-electron chi connectivity index (χ4n) is 0.735. The van der Waals surface area contributed by atoms with Crippen LogP contribution in [0.25, 0.3) is 0 Å². The van der Waals surface area contributed by atoms with Crippen LogP contribution in [0.5, 0.6) is 5.75 Å². The van der Waals surface area contributed by atoms with Crippen LogP contribution in [0.15, 0.2) is 18.2 Å². The van der Waals surface area contributed by atoms with Gasteiger partial charge in [-0.2, -0.15) is 0 Å². The number of phenols is 1. The van der Waals surface area contributed by atoms with Gasteiger partial charge in [0.25, 0.3) is 0 Å². The molecule has 1 amide bonds. The van der Waals surface area contributed by atoms with E-state index in [1.165, 1.54) is 19.1 Å². The topological polar surface area (TPSA) is 49.3 Å². The van der Waals surface area contributed by atoms with Crippen molar-refractivity contribution in [3.63, 3.8) is 0 Å². The van der Waals surface area contributed by atoms with Crippen molar-refractivity contribution in [2.24, 2.45) is 0 Å². The van der Waals surface area contributed by atoms with Crippen molar-refractivity contribution in [1.29, 1.82) is 0 Å². The van der Waals surface area contributed by atoms with Gasteiger partial charge in [-0.1, -0.05) is 0 Å². The summed E-state index contributed by atoms with van der Waals surface area (Å²) in [5.41, 5.74) is 0.553. The van der Waals surface area contributed by atoms with Crippen molar-refractivity contribution in [2.75, 3.05) is 5.32 Å². The predicted octanol–water partition coefficient (Wildman–Crippen LogP) is 1.15. The lowest BCUT2D eigenvalue weighted by molar-refractivity contribution is -0.114. The van der Waals surface area contributed by atoms with Crippen LogP contribution < -0.4 is 5.32 Å². The molecule has 0 spiro atoms. The van der Waals surface area contributed by atoms with E-state index in [2.05, 4.69) is 11.4 Å². The molecule has 0 unspecified atom stereocenters. The molecule has 0 aliphatic rings. The number of amides is 1. The first-order valence-electron chi connectivity index (χ1n) is 3.16. The van der Waals surface area contributed by atoms with Crippen LogP contribution in [0.3, 0.4) is 0 Å². The number of rotatable bonds is 1. The van der Waals surface area contributed by atoms with Crippen LogP contribution in [-0.4, -0.2) is 11.0 Å². The Hall–Kier alpha value is -1.51. The molecule has 1 aromatic rings. The van der Waals surface area contributed by atoms with Gasteiger partial charge in [-0.15, -0.1) is 0 Å². The van der Waals surface area contributed by atoms with Gasteiger partial charge in [0.2, 0.25) is 5.91 Å². The van der Waals surface area contributed by atoms with E-state index in [1.54, 1.807) is 6.07 Å². The van der Waals surface area contributed by atoms with Gasteiger partial charge in [0.1, 0.15) is 5.75 Å². The van der Waals surface area contributed by atoms with Gasteiger partial charge in [-0.3, -0.25) is 4.79 Å². The standard InChI is InChI=1S/C8H8NO2/c1-6(10)9-7-3-2-4-8(11)5-7/h3-5,11H,1H3,(H,9,10). The van der Waals surface area contributed by atoms with Crippen molar-refractivity contribution in [1.82, 2.24) is 0 Å². The summed E-state index contributed by atoms with van der Waals surface area (Å²) >= 11 is 0. The van der Waals surface area contributed by atoms with Crippen LogP contribution in [0, 0.1) is 6.07 Å². The first-order chi connectivity index (χ1) is 5.18. The highest BCUT2D eigenvalue weighted by Gasteiger charge is 1.94. The molecule has 0 atom stereocenters. The van der Waals surface area contributed by atoms with Crippen LogP contribution in [0.1, 0.15) is 6.92 Å². The highest BCUT2D eigenvalue weighted by atomic mass is 16.3. The van der Waals surface area contributed by atoms with E-state index in [0.29, 0.717) is 5.69 Å². The summed E-state index contributed by atoms with van der Waals surface area (Å²) in [7, 11) is 0. The first kappa shape index (κ1) is 7.60. The fraction of sp³-hybridized carbons (Fsp3) is 0.125. The second kappa shape index (κ2) is 3.05. The largest absolute Gasteiger partial charge is 0.508 e. The molecule has 3 nitrogen and oxygen atoms in total. The Bertz CT molecular complexity index is 271. The fourth-order valence-corrected chi connectivity index (χ4v) is 0.735. The summed E-state index contributed by atoms with van der Waals surface area (Å²) in [5, 5.41) is 11.5. The number of benzene rings is 1. The molecule has 3 heteroatoms. The minimum Gasteiger partial charge on any atom is -0.508 e. The van der Waals surface area contributed by atoms with Gasteiger partial charge in [0.15, 0.2) is 0 Å². The molecule has 0 fully saturated rings. The summed E-state index contributed by atoms with van der Waals surface area (Å²) < 4.78 is 0. The van der Waals surface area contributed by atoms with Gasteiger partial charge in [-0.05, 0) is 18.2 Å². The lowest BCUT2D eigenvalue weighted by Crippen LogP contribution is -2.05. The Morgan fingerprint density at radius 2 is 2.36 bits per heavy atom. The molecule has 0 aliphatic heterocycles. The molecule has 0 aromatic heterocycles. The van der Waals surface area contributed by atoms with E-state index in [1.807, 2.05) is 0 Å².